The van der Waals surface area contributed by atoms with E-state index in [9.17, 15) is 17.6 Å². The van der Waals surface area contributed by atoms with Gasteiger partial charge in [-0.05, 0) is 68.6 Å². The van der Waals surface area contributed by atoms with Gasteiger partial charge < -0.3 is 14.4 Å². The van der Waals surface area contributed by atoms with Crippen LogP contribution in [0, 0.1) is 11.7 Å². The van der Waals surface area contributed by atoms with Gasteiger partial charge in [0.15, 0.2) is 0 Å². The highest BCUT2D eigenvalue weighted by Gasteiger charge is 2.37. The molecule has 0 unspecified atom stereocenters. The van der Waals surface area contributed by atoms with E-state index in [0.29, 0.717) is 32.0 Å². The molecule has 4 rings (SSSR count). The minimum atomic E-state index is -3.60. The van der Waals surface area contributed by atoms with Crippen molar-refractivity contribution in [3.8, 4) is 0 Å². The fourth-order valence-corrected chi connectivity index (χ4v) is 5.71. The van der Waals surface area contributed by atoms with E-state index in [-0.39, 0.29) is 36.1 Å². The molecule has 1 aromatic rings. The molecule has 34 heavy (non-hydrogen) atoms. The van der Waals surface area contributed by atoms with E-state index in [0.717, 1.165) is 48.4 Å². The number of hydrogen-bond donors (Lipinski definition) is 1. The van der Waals surface area contributed by atoms with Gasteiger partial charge in [0, 0.05) is 39.1 Å². The molecule has 1 N–H and O–H groups in total. The number of rotatable bonds is 8. The first-order chi connectivity index (χ1) is 16.2. The van der Waals surface area contributed by atoms with Crippen molar-refractivity contribution in [2.24, 2.45) is 5.92 Å². The number of amides is 1. The van der Waals surface area contributed by atoms with Gasteiger partial charge >= 0.3 is 6.09 Å². The second-order valence-electron chi connectivity index (χ2n) is 9.95. The summed E-state index contributed by atoms with van der Waals surface area (Å²) < 4.78 is 54.1. The zero-order valence-corrected chi connectivity index (χ0v) is 20.8. The van der Waals surface area contributed by atoms with Crippen LogP contribution in [0.2, 0.25) is 0 Å². The Morgan fingerprint density at radius 2 is 1.82 bits per heavy atom. The molecule has 1 heterocycles. The maximum atomic E-state index is 13.6. The van der Waals surface area contributed by atoms with Crippen molar-refractivity contribution in [1.82, 2.24) is 13.9 Å². The number of halogens is 1. The Balaban J connectivity index is 1.33. The highest BCUT2D eigenvalue weighted by atomic mass is 32.2. The molecule has 2 atom stereocenters. The number of nitrogens with zero attached hydrogens (tertiary/aromatic N) is 2. The normalized spacial score (nSPS) is 28.2. The molecule has 1 amide bonds. The van der Waals surface area contributed by atoms with Gasteiger partial charge in [0.25, 0.3) is 10.2 Å². The lowest BCUT2D eigenvalue weighted by Gasteiger charge is -2.39. The first-order valence-electron chi connectivity index (χ1n) is 12.2. The first kappa shape index (κ1) is 25.3. The molecule has 0 aromatic heterocycles. The Kier molecular flexibility index (Phi) is 8.12. The number of nitrogens with one attached hydrogen (secondary N) is 1. The molecular formula is C24H36FN3O5S. The second kappa shape index (κ2) is 10.9. The summed E-state index contributed by atoms with van der Waals surface area (Å²) in [7, 11) is -0.613. The average molecular weight is 498 g/mol. The zero-order chi connectivity index (χ0) is 24.3. The molecule has 0 bridgehead atoms. The fourth-order valence-electron chi connectivity index (χ4n) is 4.80. The van der Waals surface area contributed by atoms with Crippen molar-refractivity contribution in [1.29, 1.82) is 0 Å². The van der Waals surface area contributed by atoms with Crippen molar-refractivity contribution in [3.63, 3.8) is 0 Å². The van der Waals surface area contributed by atoms with Gasteiger partial charge in [0.1, 0.15) is 11.9 Å². The Labute approximate surface area is 202 Å². The van der Waals surface area contributed by atoms with Crippen LogP contribution in [0.3, 0.4) is 0 Å². The highest BCUT2D eigenvalue weighted by Crippen LogP contribution is 2.35. The van der Waals surface area contributed by atoms with E-state index in [4.69, 9.17) is 9.47 Å². The second-order valence-corrected chi connectivity index (χ2v) is 11.9. The van der Waals surface area contributed by atoms with Crippen molar-refractivity contribution < 1.29 is 27.1 Å². The molecule has 10 heteroatoms. The van der Waals surface area contributed by atoms with Crippen LogP contribution in [-0.2, 0) is 19.7 Å². The van der Waals surface area contributed by atoms with Crippen LogP contribution in [0.4, 0.5) is 9.18 Å². The predicted molar refractivity (Wildman–Crippen MR) is 126 cm³/mol. The van der Waals surface area contributed by atoms with Gasteiger partial charge in [-0.1, -0.05) is 12.1 Å². The van der Waals surface area contributed by atoms with Crippen LogP contribution in [-0.4, -0.2) is 75.8 Å². The van der Waals surface area contributed by atoms with Crippen molar-refractivity contribution in [2.45, 2.75) is 69.1 Å². The van der Waals surface area contributed by atoms with E-state index in [1.807, 2.05) is 6.07 Å². The molecule has 0 spiro atoms. The number of carbonyl (C=O) groups excluding carboxylic acids is 1. The quantitative estimate of drug-likeness (QED) is 0.596. The average Bonchev–Trinajstić information content (AvgIpc) is 3.62. The molecule has 3 aliphatic rings. The van der Waals surface area contributed by atoms with Crippen LogP contribution < -0.4 is 4.72 Å². The number of likely N-dealkylation sites (tertiary alicyclic amines) is 1. The Morgan fingerprint density at radius 1 is 1.12 bits per heavy atom. The van der Waals surface area contributed by atoms with Gasteiger partial charge in [-0.25, -0.2) is 9.18 Å². The maximum Gasteiger partial charge on any atom is 0.410 e. The maximum absolute atomic E-state index is 13.6. The lowest BCUT2D eigenvalue weighted by molar-refractivity contribution is -0.0173. The summed E-state index contributed by atoms with van der Waals surface area (Å²) >= 11 is 0. The van der Waals surface area contributed by atoms with E-state index in [2.05, 4.69) is 4.72 Å². The topological polar surface area (TPSA) is 88.2 Å². The molecule has 2 aliphatic carbocycles. The van der Waals surface area contributed by atoms with E-state index < -0.39 is 10.2 Å². The summed E-state index contributed by atoms with van der Waals surface area (Å²) in [5.41, 5.74) is 1.04. The van der Waals surface area contributed by atoms with Gasteiger partial charge in [-0.2, -0.15) is 17.4 Å². The third-order valence-corrected chi connectivity index (χ3v) is 8.67. The van der Waals surface area contributed by atoms with Crippen molar-refractivity contribution in [3.05, 3.63) is 35.6 Å². The number of hydrogen-bond acceptors (Lipinski definition) is 5. The van der Waals surface area contributed by atoms with Crippen LogP contribution in [0.5, 0.6) is 0 Å². The smallest absolute Gasteiger partial charge is 0.410 e. The number of piperidine rings is 1. The van der Waals surface area contributed by atoms with Crippen LogP contribution in [0.15, 0.2) is 24.3 Å². The number of benzene rings is 1. The Morgan fingerprint density at radius 3 is 2.47 bits per heavy atom. The monoisotopic (exact) mass is 497 g/mol. The Bertz CT molecular complexity index is 948. The third kappa shape index (κ3) is 6.68. The van der Waals surface area contributed by atoms with Crippen molar-refractivity contribution >= 4 is 16.3 Å². The number of ether oxygens (including phenoxy) is 2. The molecule has 3 fully saturated rings. The summed E-state index contributed by atoms with van der Waals surface area (Å²) in [4.78, 5) is 14.2. The summed E-state index contributed by atoms with van der Waals surface area (Å²) in [6, 6.07) is 6.50. The van der Waals surface area contributed by atoms with Crippen LogP contribution in [0.25, 0.3) is 0 Å². The lowest BCUT2D eigenvalue weighted by Crippen LogP contribution is -2.55. The summed E-state index contributed by atoms with van der Waals surface area (Å²) in [6.45, 7) is 1.20. The van der Waals surface area contributed by atoms with Gasteiger partial charge in [-0.15, -0.1) is 0 Å². The van der Waals surface area contributed by atoms with Gasteiger partial charge in [0.05, 0.1) is 12.7 Å². The van der Waals surface area contributed by atoms with Crippen LogP contribution in [0.1, 0.15) is 56.4 Å². The molecule has 1 aliphatic heterocycles. The van der Waals surface area contributed by atoms with E-state index >= 15 is 0 Å². The molecule has 1 aromatic carbocycles. The molecular weight excluding hydrogens is 461 g/mol. The van der Waals surface area contributed by atoms with Gasteiger partial charge in [0.2, 0.25) is 0 Å². The molecule has 0 radical (unpaired) electrons. The zero-order valence-electron chi connectivity index (χ0n) is 20.0. The van der Waals surface area contributed by atoms with E-state index in [1.165, 1.54) is 20.2 Å². The SMILES string of the molecule is CN(C)S(=O)(=O)N[C@H]1CCN(C(=O)OC2CC2)C[C@H]1COC1CCC(c2cccc(F)c2)CC1. The lowest BCUT2D eigenvalue weighted by atomic mass is 9.82. The highest BCUT2D eigenvalue weighted by molar-refractivity contribution is 7.87. The first-order valence-corrected chi connectivity index (χ1v) is 13.7. The summed E-state index contributed by atoms with van der Waals surface area (Å²) in [6.07, 6.45) is 5.70. The molecule has 2 saturated carbocycles. The Hall–Kier alpha value is -1.75. The fraction of sp³-hybridized carbons (Fsp3) is 0.708. The molecule has 1 saturated heterocycles. The van der Waals surface area contributed by atoms with Crippen molar-refractivity contribution in [2.75, 3.05) is 33.8 Å². The summed E-state index contributed by atoms with van der Waals surface area (Å²) in [5, 5.41) is 0. The molecule has 190 valence electrons. The third-order valence-electron chi connectivity index (χ3n) is 7.11. The van der Waals surface area contributed by atoms with E-state index in [1.54, 1.807) is 17.0 Å². The number of carbonyl (C=O) groups is 1. The summed E-state index contributed by atoms with van der Waals surface area (Å²) in [5.74, 6) is -0.0436. The molecule has 8 nitrogen and oxygen atoms in total. The standard InChI is InChI=1S/C24H36FN3O5S/c1-27(2)34(30,31)26-23-12-13-28(24(29)33-22-10-11-22)15-19(23)16-32-21-8-6-17(7-9-21)18-4-3-5-20(25)14-18/h3-5,14,17,19,21-23,26H,6-13,15-16H2,1-2H3/t17?,19-,21?,23-/m0/s1. The largest absolute Gasteiger partial charge is 0.446 e. The minimum Gasteiger partial charge on any atom is -0.446 e. The predicted octanol–water partition coefficient (Wildman–Crippen LogP) is 3.25. The minimum absolute atomic E-state index is 0.0282. The van der Waals surface area contributed by atoms with Gasteiger partial charge in [-0.3, -0.25) is 0 Å². The van der Waals surface area contributed by atoms with Crippen LogP contribution >= 0.6 is 0 Å².